The Morgan fingerprint density at radius 2 is 2.12 bits per heavy atom. The fourth-order valence-corrected chi connectivity index (χ4v) is 1.27. The monoisotopic (exact) mass is 255 g/mol. The van der Waals surface area contributed by atoms with E-state index in [1.54, 1.807) is 19.1 Å². The van der Waals surface area contributed by atoms with Gasteiger partial charge in [0, 0.05) is 10.1 Å². The first-order valence-corrected chi connectivity index (χ1v) is 5.20. The molecule has 0 aliphatic carbocycles. The average molecular weight is 256 g/mol. The minimum absolute atomic E-state index is 0.145. The maximum Gasteiger partial charge on any atom is 0.160 e. The molecule has 0 rings (SSSR count). The fourth-order valence-electron chi connectivity index (χ4n) is 0.878. The van der Waals surface area contributed by atoms with Crippen LogP contribution in [0, 0.1) is 11.3 Å². The van der Waals surface area contributed by atoms with E-state index in [-0.39, 0.29) is 5.57 Å². The highest BCUT2D eigenvalue weighted by Gasteiger charge is 1.97. The molecule has 84 valence electrons. The fraction of sp³-hybridized carbons (Fsp3) is 0.167. The number of aldehydes is 1. The molecule has 0 spiro atoms. The smallest absolute Gasteiger partial charge is 0.160 e. The van der Waals surface area contributed by atoms with Crippen LogP contribution in [0.3, 0.4) is 0 Å². The van der Waals surface area contributed by atoms with Crippen molar-refractivity contribution in [1.29, 1.82) is 5.26 Å². The Bertz CT molecular complexity index is 411. The molecule has 0 radical (unpaired) electrons. The van der Waals surface area contributed by atoms with Gasteiger partial charge in [0.2, 0.25) is 0 Å². The number of halogens is 2. The van der Waals surface area contributed by atoms with Crippen LogP contribution in [-0.2, 0) is 4.79 Å². The van der Waals surface area contributed by atoms with E-state index in [2.05, 4.69) is 6.58 Å². The van der Waals surface area contributed by atoms with Crippen LogP contribution in [0.4, 0.5) is 0 Å². The van der Waals surface area contributed by atoms with Crippen molar-refractivity contribution >= 4 is 29.5 Å². The Hall–Kier alpha value is -1.30. The molecule has 0 saturated heterocycles. The van der Waals surface area contributed by atoms with E-state index in [0.29, 0.717) is 28.3 Å². The largest absolute Gasteiger partial charge is 0.297 e. The van der Waals surface area contributed by atoms with E-state index in [1.807, 2.05) is 6.07 Å². The normalized spacial score (nSPS) is 13.2. The minimum Gasteiger partial charge on any atom is -0.297 e. The second-order valence-corrected chi connectivity index (χ2v) is 3.93. The van der Waals surface area contributed by atoms with Crippen molar-refractivity contribution < 1.29 is 4.79 Å². The summed E-state index contributed by atoms with van der Waals surface area (Å²) in [4.78, 5) is 10.4. The first kappa shape index (κ1) is 14.7. The summed E-state index contributed by atoms with van der Waals surface area (Å²) >= 11 is 11.3. The standard InChI is InChI=1S/C12H11Cl2NO/c1-9(11(7-15)8-16)4-3-5-12(14)6-10(2)13/h3,5-6,8H,2,4H2,1H3/b5-3-,11-9-,12-6+. The van der Waals surface area contributed by atoms with Gasteiger partial charge in [0.05, 0.1) is 5.57 Å². The second kappa shape index (κ2) is 7.92. The third kappa shape index (κ3) is 6.23. The lowest BCUT2D eigenvalue weighted by molar-refractivity contribution is -0.104. The highest BCUT2D eigenvalue weighted by molar-refractivity contribution is 6.35. The van der Waals surface area contributed by atoms with Gasteiger partial charge in [0.1, 0.15) is 6.07 Å². The number of carbonyl (C=O) groups excluding carboxylic acids is 1. The van der Waals surface area contributed by atoms with Gasteiger partial charge < -0.3 is 0 Å². The molecule has 0 bridgehead atoms. The van der Waals surface area contributed by atoms with Gasteiger partial charge in [-0.05, 0) is 31.1 Å². The molecule has 4 heteroatoms. The predicted octanol–water partition coefficient (Wildman–Crippen LogP) is 3.85. The summed E-state index contributed by atoms with van der Waals surface area (Å²) in [6.07, 6.45) is 5.92. The zero-order chi connectivity index (χ0) is 12.6. The first-order valence-electron chi connectivity index (χ1n) is 4.44. The van der Waals surface area contributed by atoms with Crippen LogP contribution >= 0.6 is 23.2 Å². The van der Waals surface area contributed by atoms with Crippen LogP contribution in [0.1, 0.15) is 13.3 Å². The van der Waals surface area contributed by atoms with Crippen molar-refractivity contribution in [3.05, 3.63) is 46.0 Å². The molecule has 0 heterocycles. The highest BCUT2D eigenvalue weighted by atomic mass is 35.5. The number of hydrogen-bond donors (Lipinski definition) is 0. The summed E-state index contributed by atoms with van der Waals surface area (Å²) in [5, 5.41) is 9.38. The quantitative estimate of drug-likeness (QED) is 0.324. The van der Waals surface area contributed by atoms with Gasteiger partial charge in [-0.15, -0.1) is 0 Å². The van der Waals surface area contributed by atoms with Gasteiger partial charge in [-0.1, -0.05) is 35.9 Å². The third-order valence-electron chi connectivity index (χ3n) is 1.69. The molecule has 0 amide bonds. The Labute approximate surface area is 105 Å². The number of carbonyl (C=O) groups is 1. The van der Waals surface area contributed by atoms with Crippen molar-refractivity contribution in [2.45, 2.75) is 13.3 Å². The van der Waals surface area contributed by atoms with Crippen molar-refractivity contribution in [1.82, 2.24) is 0 Å². The molecule has 0 aromatic rings. The van der Waals surface area contributed by atoms with E-state index in [4.69, 9.17) is 28.5 Å². The van der Waals surface area contributed by atoms with Crippen LogP contribution in [0.15, 0.2) is 46.0 Å². The van der Waals surface area contributed by atoms with Crippen molar-refractivity contribution in [3.8, 4) is 6.07 Å². The lowest BCUT2D eigenvalue weighted by atomic mass is 10.1. The molecule has 0 unspecified atom stereocenters. The summed E-state index contributed by atoms with van der Waals surface area (Å²) in [7, 11) is 0. The summed E-state index contributed by atoms with van der Waals surface area (Å²) in [6, 6.07) is 1.82. The first-order chi connectivity index (χ1) is 7.51. The number of rotatable bonds is 5. The Balaban J connectivity index is 4.54. The van der Waals surface area contributed by atoms with E-state index < -0.39 is 0 Å². The average Bonchev–Trinajstić information content (AvgIpc) is 2.18. The number of nitriles is 1. The van der Waals surface area contributed by atoms with Gasteiger partial charge in [-0.3, -0.25) is 4.79 Å². The molecule has 0 N–H and O–H groups in total. The second-order valence-electron chi connectivity index (χ2n) is 3.01. The molecule has 2 nitrogen and oxygen atoms in total. The molecule has 16 heavy (non-hydrogen) atoms. The third-order valence-corrected chi connectivity index (χ3v) is 2.04. The van der Waals surface area contributed by atoms with Crippen LogP contribution in [-0.4, -0.2) is 6.29 Å². The van der Waals surface area contributed by atoms with Crippen LogP contribution in [0.5, 0.6) is 0 Å². The number of allylic oxidation sites excluding steroid dienone is 7. The van der Waals surface area contributed by atoms with E-state index >= 15 is 0 Å². The van der Waals surface area contributed by atoms with Gasteiger partial charge in [0.15, 0.2) is 6.29 Å². The minimum atomic E-state index is 0.145. The maximum absolute atomic E-state index is 10.4. The van der Waals surface area contributed by atoms with Gasteiger partial charge in [-0.2, -0.15) is 5.26 Å². The van der Waals surface area contributed by atoms with E-state index in [0.717, 1.165) is 0 Å². The predicted molar refractivity (Wildman–Crippen MR) is 67.1 cm³/mol. The SMILES string of the molecule is C=C(Cl)/C=C(Cl)\C=C/C/C(C)=C(/C#N)C=O. The maximum atomic E-state index is 10.4. The molecule has 0 aliphatic rings. The molecular weight excluding hydrogens is 245 g/mol. The van der Waals surface area contributed by atoms with E-state index in [1.165, 1.54) is 6.08 Å². The van der Waals surface area contributed by atoms with Gasteiger partial charge >= 0.3 is 0 Å². The molecule has 0 aliphatic heterocycles. The molecular formula is C12H11Cl2NO. The van der Waals surface area contributed by atoms with E-state index in [9.17, 15) is 4.79 Å². The Morgan fingerprint density at radius 1 is 1.50 bits per heavy atom. The Morgan fingerprint density at radius 3 is 2.56 bits per heavy atom. The zero-order valence-corrected chi connectivity index (χ0v) is 10.3. The van der Waals surface area contributed by atoms with Crippen LogP contribution < -0.4 is 0 Å². The highest BCUT2D eigenvalue weighted by Crippen LogP contribution is 2.12. The van der Waals surface area contributed by atoms with Gasteiger partial charge in [0.25, 0.3) is 0 Å². The molecule has 0 fully saturated rings. The lowest BCUT2D eigenvalue weighted by Crippen LogP contribution is -1.86. The molecule has 0 atom stereocenters. The molecule has 0 saturated carbocycles. The molecule has 0 aromatic heterocycles. The summed E-state index contributed by atoms with van der Waals surface area (Å²) in [5.74, 6) is 0. The zero-order valence-electron chi connectivity index (χ0n) is 8.84. The van der Waals surface area contributed by atoms with Crippen LogP contribution in [0.25, 0.3) is 0 Å². The number of nitrogens with zero attached hydrogens (tertiary/aromatic N) is 1. The summed E-state index contributed by atoms with van der Waals surface area (Å²) in [6.45, 7) is 5.18. The van der Waals surface area contributed by atoms with Crippen molar-refractivity contribution in [3.63, 3.8) is 0 Å². The summed E-state index contributed by atoms with van der Waals surface area (Å²) < 4.78 is 0. The summed E-state index contributed by atoms with van der Waals surface area (Å²) in [5.41, 5.74) is 0.842. The van der Waals surface area contributed by atoms with Crippen molar-refractivity contribution in [2.24, 2.45) is 0 Å². The molecule has 0 aromatic carbocycles. The number of hydrogen-bond acceptors (Lipinski definition) is 2. The van der Waals surface area contributed by atoms with Gasteiger partial charge in [-0.25, -0.2) is 0 Å². The van der Waals surface area contributed by atoms with Crippen molar-refractivity contribution in [2.75, 3.05) is 0 Å². The topological polar surface area (TPSA) is 40.9 Å². The Kier molecular flexibility index (Phi) is 7.28. The lowest BCUT2D eigenvalue weighted by Gasteiger charge is -1.95. The van der Waals surface area contributed by atoms with Crippen LogP contribution in [0.2, 0.25) is 0 Å².